The lowest BCUT2D eigenvalue weighted by atomic mass is 9.93. The fraction of sp³-hybridized carbons (Fsp3) is 0.467. The monoisotopic (exact) mass is 341 g/mol. The van der Waals surface area contributed by atoms with Crippen molar-refractivity contribution in [1.29, 1.82) is 0 Å². The number of aliphatic carboxylic acids is 1. The standard InChI is InChI=1S/C15H16ClNO4S/c16-11-1-2-12-9(6-11)5-10(7-21-12)13(18)17-15(14(19)20)3-4-22-8-15/h1-2,6,10H,3-5,7-8H2,(H,17,18)(H,19,20). The molecule has 0 spiro atoms. The Morgan fingerprint density at radius 2 is 2.27 bits per heavy atom. The van der Waals surface area contributed by atoms with E-state index in [0.717, 1.165) is 17.1 Å². The lowest BCUT2D eigenvalue weighted by Crippen LogP contribution is -2.57. The van der Waals surface area contributed by atoms with Gasteiger partial charge in [0.25, 0.3) is 0 Å². The van der Waals surface area contributed by atoms with Gasteiger partial charge < -0.3 is 15.2 Å². The van der Waals surface area contributed by atoms with E-state index in [1.54, 1.807) is 30.0 Å². The van der Waals surface area contributed by atoms with Crippen LogP contribution >= 0.6 is 23.4 Å². The summed E-state index contributed by atoms with van der Waals surface area (Å²) >= 11 is 7.51. The summed E-state index contributed by atoms with van der Waals surface area (Å²) in [5.41, 5.74) is -0.264. The summed E-state index contributed by atoms with van der Waals surface area (Å²) in [6.45, 7) is 0.253. The van der Waals surface area contributed by atoms with Crippen molar-refractivity contribution in [2.75, 3.05) is 18.1 Å². The summed E-state index contributed by atoms with van der Waals surface area (Å²) < 4.78 is 5.60. The summed E-state index contributed by atoms with van der Waals surface area (Å²) in [5.74, 6) is 0.253. The van der Waals surface area contributed by atoms with Crippen molar-refractivity contribution in [3.8, 4) is 5.75 Å². The molecule has 1 aromatic rings. The largest absolute Gasteiger partial charge is 0.492 e. The summed E-state index contributed by atoms with van der Waals surface area (Å²) in [6, 6.07) is 5.32. The molecule has 2 aliphatic heterocycles. The molecule has 1 fully saturated rings. The Morgan fingerprint density at radius 1 is 1.45 bits per heavy atom. The van der Waals surface area contributed by atoms with Gasteiger partial charge in [-0.25, -0.2) is 4.79 Å². The number of carbonyl (C=O) groups excluding carboxylic acids is 1. The Balaban J connectivity index is 1.72. The fourth-order valence-corrected chi connectivity index (χ4v) is 4.28. The van der Waals surface area contributed by atoms with E-state index in [1.807, 2.05) is 0 Å². The van der Waals surface area contributed by atoms with Gasteiger partial charge in [0.15, 0.2) is 0 Å². The van der Waals surface area contributed by atoms with Gasteiger partial charge in [0.2, 0.25) is 5.91 Å². The van der Waals surface area contributed by atoms with Crippen LogP contribution in [0.25, 0.3) is 0 Å². The van der Waals surface area contributed by atoms with Crippen molar-refractivity contribution in [1.82, 2.24) is 5.32 Å². The van der Waals surface area contributed by atoms with Gasteiger partial charge in [-0.1, -0.05) is 11.6 Å². The van der Waals surface area contributed by atoms with Crippen molar-refractivity contribution >= 4 is 35.2 Å². The van der Waals surface area contributed by atoms with Crippen LogP contribution in [0.3, 0.4) is 0 Å². The summed E-state index contributed by atoms with van der Waals surface area (Å²) in [4.78, 5) is 24.0. The smallest absolute Gasteiger partial charge is 0.330 e. The Morgan fingerprint density at radius 3 is 2.95 bits per heavy atom. The topological polar surface area (TPSA) is 75.6 Å². The number of halogens is 1. The molecule has 2 N–H and O–H groups in total. The summed E-state index contributed by atoms with van der Waals surface area (Å²) in [7, 11) is 0. The zero-order valence-corrected chi connectivity index (χ0v) is 13.4. The van der Waals surface area contributed by atoms with Crippen LogP contribution in [0.2, 0.25) is 5.02 Å². The second-order valence-electron chi connectivity index (χ2n) is 5.64. The maximum absolute atomic E-state index is 12.5. The van der Waals surface area contributed by atoms with Gasteiger partial charge in [-0.05, 0) is 42.4 Å². The molecule has 0 bridgehead atoms. The van der Waals surface area contributed by atoms with E-state index in [4.69, 9.17) is 16.3 Å². The molecule has 1 saturated heterocycles. The second kappa shape index (κ2) is 6.01. The first kappa shape index (κ1) is 15.5. The van der Waals surface area contributed by atoms with Crippen molar-refractivity contribution < 1.29 is 19.4 Å². The number of ether oxygens (including phenoxy) is 1. The van der Waals surface area contributed by atoms with Gasteiger partial charge in [0.05, 0.1) is 5.92 Å². The minimum Gasteiger partial charge on any atom is -0.492 e. The summed E-state index contributed by atoms with van der Waals surface area (Å²) in [6.07, 6.45) is 0.958. The number of thioether (sulfide) groups is 1. The van der Waals surface area contributed by atoms with Gasteiger partial charge in [0.1, 0.15) is 17.9 Å². The van der Waals surface area contributed by atoms with Crippen LogP contribution in [0.1, 0.15) is 12.0 Å². The minimum absolute atomic E-state index is 0.253. The highest BCUT2D eigenvalue weighted by Gasteiger charge is 2.44. The zero-order chi connectivity index (χ0) is 15.7. The molecule has 3 rings (SSSR count). The van der Waals surface area contributed by atoms with E-state index in [0.29, 0.717) is 23.6 Å². The Hall–Kier alpha value is -1.40. The molecule has 2 unspecified atom stereocenters. The van der Waals surface area contributed by atoms with Crippen molar-refractivity contribution in [3.63, 3.8) is 0 Å². The number of rotatable bonds is 3. The first-order valence-corrected chi connectivity index (χ1v) is 8.58. The lowest BCUT2D eigenvalue weighted by molar-refractivity contribution is -0.147. The van der Waals surface area contributed by atoms with Gasteiger partial charge in [0, 0.05) is 10.8 Å². The predicted molar refractivity (Wildman–Crippen MR) is 84.6 cm³/mol. The third-order valence-corrected chi connectivity index (χ3v) is 5.52. The van der Waals surface area contributed by atoms with Gasteiger partial charge >= 0.3 is 5.97 Å². The second-order valence-corrected chi connectivity index (χ2v) is 7.18. The van der Waals surface area contributed by atoms with Gasteiger partial charge in [-0.15, -0.1) is 0 Å². The Kier molecular flexibility index (Phi) is 4.23. The molecule has 2 aliphatic rings. The van der Waals surface area contributed by atoms with Crippen LogP contribution in [-0.4, -0.2) is 40.6 Å². The number of amides is 1. The van der Waals surface area contributed by atoms with E-state index in [9.17, 15) is 14.7 Å². The quantitative estimate of drug-likeness (QED) is 0.879. The van der Waals surface area contributed by atoms with Crippen molar-refractivity contribution in [2.24, 2.45) is 5.92 Å². The Bertz CT molecular complexity index is 616. The number of carbonyl (C=O) groups is 2. The SMILES string of the molecule is O=C(NC1(C(=O)O)CCSC1)C1COc2ccc(Cl)cc2C1. The van der Waals surface area contributed by atoms with Crippen LogP contribution in [0.4, 0.5) is 0 Å². The maximum Gasteiger partial charge on any atom is 0.330 e. The number of nitrogens with one attached hydrogen (secondary N) is 1. The van der Waals surface area contributed by atoms with E-state index in [1.165, 1.54) is 0 Å². The molecular formula is C15H16ClNO4S. The van der Waals surface area contributed by atoms with Crippen LogP contribution in [0, 0.1) is 5.92 Å². The number of carboxylic acid groups (broad SMARTS) is 1. The molecule has 118 valence electrons. The number of carboxylic acids is 1. The van der Waals surface area contributed by atoms with Crippen LogP contribution in [-0.2, 0) is 16.0 Å². The van der Waals surface area contributed by atoms with E-state index in [-0.39, 0.29) is 12.5 Å². The number of hydrogen-bond donors (Lipinski definition) is 2. The van der Waals surface area contributed by atoms with Crippen molar-refractivity contribution in [3.05, 3.63) is 28.8 Å². The number of hydrogen-bond acceptors (Lipinski definition) is 4. The maximum atomic E-state index is 12.5. The normalized spacial score (nSPS) is 26.9. The molecule has 5 nitrogen and oxygen atoms in total. The molecule has 0 radical (unpaired) electrons. The number of benzene rings is 1. The van der Waals surface area contributed by atoms with E-state index >= 15 is 0 Å². The molecule has 0 aliphatic carbocycles. The minimum atomic E-state index is -1.14. The third-order valence-electron chi connectivity index (χ3n) is 4.09. The highest BCUT2D eigenvalue weighted by molar-refractivity contribution is 7.99. The van der Waals surface area contributed by atoms with E-state index in [2.05, 4.69) is 5.32 Å². The van der Waals surface area contributed by atoms with Gasteiger partial charge in [-0.2, -0.15) is 11.8 Å². The number of fused-ring (bicyclic) bond motifs is 1. The fourth-order valence-electron chi connectivity index (χ4n) is 2.76. The molecule has 1 amide bonds. The third kappa shape index (κ3) is 2.90. The molecule has 2 atom stereocenters. The average Bonchev–Trinajstić information content (AvgIpc) is 2.96. The van der Waals surface area contributed by atoms with E-state index < -0.39 is 17.4 Å². The van der Waals surface area contributed by atoms with Crippen LogP contribution in [0.15, 0.2) is 18.2 Å². The van der Waals surface area contributed by atoms with Crippen LogP contribution in [0.5, 0.6) is 5.75 Å². The highest BCUT2D eigenvalue weighted by atomic mass is 35.5. The molecular weight excluding hydrogens is 326 g/mol. The molecule has 1 aromatic carbocycles. The summed E-state index contributed by atoms with van der Waals surface area (Å²) in [5, 5.41) is 12.8. The van der Waals surface area contributed by atoms with Crippen molar-refractivity contribution in [2.45, 2.75) is 18.4 Å². The van der Waals surface area contributed by atoms with Crippen LogP contribution < -0.4 is 10.1 Å². The molecule has 7 heteroatoms. The Labute approximate surface area is 137 Å². The highest BCUT2D eigenvalue weighted by Crippen LogP contribution is 2.32. The average molecular weight is 342 g/mol. The first-order valence-electron chi connectivity index (χ1n) is 7.04. The molecule has 2 heterocycles. The molecule has 0 aromatic heterocycles. The lowest BCUT2D eigenvalue weighted by Gasteiger charge is -2.30. The van der Waals surface area contributed by atoms with Gasteiger partial charge in [-0.3, -0.25) is 4.79 Å². The molecule has 22 heavy (non-hydrogen) atoms. The first-order chi connectivity index (χ1) is 10.5. The predicted octanol–water partition coefficient (Wildman–Crippen LogP) is 1.97. The zero-order valence-electron chi connectivity index (χ0n) is 11.8. The molecule has 0 saturated carbocycles.